The maximum atomic E-state index is 13.8. The minimum atomic E-state index is -4.17. The van der Waals surface area contributed by atoms with Crippen molar-refractivity contribution in [2.24, 2.45) is 0 Å². The number of hydrogen-bond donors (Lipinski definition) is 1. The number of carbonyl (C=O) groups excluding carboxylic acids is 2. The van der Waals surface area contributed by atoms with Crippen molar-refractivity contribution >= 4 is 50.7 Å². The molecule has 3 aromatic rings. The van der Waals surface area contributed by atoms with Gasteiger partial charge in [0.25, 0.3) is 10.0 Å². The molecule has 0 unspecified atom stereocenters. The molecule has 1 atom stereocenters. The zero-order valence-electron chi connectivity index (χ0n) is 20.8. The van der Waals surface area contributed by atoms with Crippen LogP contribution in [0.1, 0.15) is 25.0 Å². The summed E-state index contributed by atoms with van der Waals surface area (Å²) in [6.45, 7) is 5.22. The number of aryl methyl sites for hydroxylation is 1. The monoisotopic (exact) mass is 561 g/mol. The van der Waals surface area contributed by atoms with Gasteiger partial charge in [-0.2, -0.15) is 0 Å². The maximum Gasteiger partial charge on any atom is 0.264 e. The summed E-state index contributed by atoms with van der Waals surface area (Å²) in [7, 11) is -4.17. The number of hydrogen-bond acceptors (Lipinski definition) is 4. The van der Waals surface area contributed by atoms with E-state index in [9.17, 15) is 18.0 Å². The molecule has 0 heterocycles. The van der Waals surface area contributed by atoms with Gasteiger partial charge in [-0.25, -0.2) is 8.42 Å². The molecular formula is C27H29Cl2N3O4S. The highest BCUT2D eigenvalue weighted by molar-refractivity contribution is 7.92. The molecule has 3 aromatic carbocycles. The summed E-state index contributed by atoms with van der Waals surface area (Å²) in [6, 6.07) is 19.0. The summed E-state index contributed by atoms with van der Waals surface area (Å²) >= 11 is 12.3. The van der Waals surface area contributed by atoms with Gasteiger partial charge in [0.1, 0.15) is 12.6 Å². The second-order valence-electron chi connectivity index (χ2n) is 8.50. The highest BCUT2D eigenvalue weighted by atomic mass is 35.5. The molecule has 10 heteroatoms. The van der Waals surface area contributed by atoms with Gasteiger partial charge in [0.2, 0.25) is 11.8 Å². The van der Waals surface area contributed by atoms with Crippen molar-refractivity contribution < 1.29 is 18.0 Å². The summed E-state index contributed by atoms with van der Waals surface area (Å²) in [5.74, 6) is -0.890. The minimum Gasteiger partial charge on any atom is -0.355 e. The van der Waals surface area contributed by atoms with E-state index in [-0.39, 0.29) is 33.1 Å². The number of nitrogens with one attached hydrogen (secondary N) is 1. The fourth-order valence-corrected chi connectivity index (χ4v) is 5.39. The molecule has 0 fully saturated rings. The summed E-state index contributed by atoms with van der Waals surface area (Å²) in [6.07, 6.45) is 0. The van der Waals surface area contributed by atoms with Crippen LogP contribution < -0.4 is 9.62 Å². The van der Waals surface area contributed by atoms with Gasteiger partial charge in [-0.1, -0.05) is 71.2 Å². The maximum absolute atomic E-state index is 13.8. The molecule has 0 aliphatic carbocycles. The van der Waals surface area contributed by atoms with Crippen molar-refractivity contribution in [3.05, 3.63) is 94.0 Å². The van der Waals surface area contributed by atoms with Crippen molar-refractivity contribution in [3.63, 3.8) is 0 Å². The molecule has 196 valence electrons. The number of nitrogens with zero attached hydrogens (tertiary/aromatic N) is 2. The van der Waals surface area contributed by atoms with Gasteiger partial charge in [-0.15, -0.1) is 0 Å². The third-order valence-electron chi connectivity index (χ3n) is 5.79. The van der Waals surface area contributed by atoms with E-state index >= 15 is 0 Å². The molecule has 3 rings (SSSR count). The number of benzene rings is 3. The van der Waals surface area contributed by atoms with Crippen LogP contribution in [-0.4, -0.2) is 44.3 Å². The van der Waals surface area contributed by atoms with E-state index in [1.54, 1.807) is 26.0 Å². The number of anilines is 1. The molecule has 0 bridgehead atoms. The lowest BCUT2D eigenvalue weighted by Crippen LogP contribution is -2.51. The van der Waals surface area contributed by atoms with Crippen LogP contribution in [0.3, 0.4) is 0 Å². The molecule has 1 N–H and O–H groups in total. The van der Waals surface area contributed by atoms with E-state index in [1.807, 2.05) is 37.3 Å². The van der Waals surface area contributed by atoms with Crippen molar-refractivity contribution in [1.29, 1.82) is 0 Å². The van der Waals surface area contributed by atoms with Gasteiger partial charge in [0.15, 0.2) is 0 Å². The Hall–Kier alpha value is -3.07. The van der Waals surface area contributed by atoms with Crippen LogP contribution >= 0.6 is 23.2 Å². The van der Waals surface area contributed by atoms with Crippen LogP contribution in [0, 0.1) is 6.92 Å². The van der Waals surface area contributed by atoms with E-state index in [2.05, 4.69) is 5.32 Å². The molecule has 37 heavy (non-hydrogen) atoms. The van der Waals surface area contributed by atoms with Crippen molar-refractivity contribution in [3.8, 4) is 0 Å². The van der Waals surface area contributed by atoms with Crippen LogP contribution in [0.25, 0.3) is 0 Å². The molecule has 0 aromatic heterocycles. The standard InChI is InChI=1S/C27H29Cl2N3O4S/c1-4-30-27(34)20(3)31(17-21-8-6-5-7-9-21)26(33)18-32(22-12-15-24(28)25(29)16-22)37(35,36)23-13-10-19(2)11-14-23/h5-16,20H,4,17-18H2,1-3H3,(H,30,34)/t20-/m1/s1. The molecule has 0 saturated heterocycles. The average Bonchev–Trinajstić information content (AvgIpc) is 2.88. The normalized spacial score (nSPS) is 12.0. The first-order valence-corrected chi connectivity index (χ1v) is 13.9. The van der Waals surface area contributed by atoms with Crippen LogP contribution in [0.15, 0.2) is 77.7 Å². The molecule has 0 saturated carbocycles. The Morgan fingerprint density at radius 1 is 0.946 bits per heavy atom. The van der Waals surface area contributed by atoms with E-state index in [0.29, 0.717) is 6.54 Å². The number of halogens is 2. The zero-order chi connectivity index (χ0) is 27.2. The number of likely N-dealkylation sites (N-methyl/N-ethyl adjacent to an activating group) is 1. The topological polar surface area (TPSA) is 86.8 Å². The predicted octanol–water partition coefficient (Wildman–Crippen LogP) is 5.05. The van der Waals surface area contributed by atoms with E-state index in [1.165, 1.54) is 35.2 Å². The Labute approximate surface area is 228 Å². The predicted molar refractivity (Wildman–Crippen MR) is 147 cm³/mol. The average molecular weight is 563 g/mol. The molecule has 0 spiro atoms. The molecule has 0 aliphatic rings. The summed E-state index contributed by atoms with van der Waals surface area (Å²) < 4.78 is 28.5. The molecule has 0 aliphatic heterocycles. The van der Waals surface area contributed by atoms with Gasteiger partial charge in [0, 0.05) is 13.1 Å². The highest BCUT2D eigenvalue weighted by Crippen LogP contribution is 2.31. The van der Waals surface area contributed by atoms with Crippen LogP contribution in [0.4, 0.5) is 5.69 Å². The Morgan fingerprint density at radius 3 is 2.19 bits per heavy atom. The van der Waals surface area contributed by atoms with Crippen LogP contribution in [-0.2, 0) is 26.2 Å². The van der Waals surface area contributed by atoms with Gasteiger partial charge in [0.05, 0.1) is 20.6 Å². The van der Waals surface area contributed by atoms with Gasteiger partial charge < -0.3 is 10.2 Å². The fraction of sp³-hybridized carbons (Fsp3) is 0.259. The SMILES string of the molecule is CCNC(=O)[C@@H](C)N(Cc1ccccc1)C(=O)CN(c1ccc(Cl)c(Cl)c1)S(=O)(=O)c1ccc(C)cc1. The van der Waals surface area contributed by atoms with Crippen LogP contribution in [0.5, 0.6) is 0 Å². The first kappa shape index (κ1) is 28.5. The highest BCUT2D eigenvalue weighted by Gasteiger charge is 2.32. The minimum absolute atomic E-state index is 0.0170. The van der Waals surface area contributed by atoms with Gasteiger partial charge in [-0.05, 0) is 56.7 Å². The van der Waals surface area contributed by atoms with Crippen LogP contribution in [0.2, 0.25) is 10.0 Å². The van der Waals surface area contributed by atoms with E-state index < -0.39 is 28.5 Å². The third kappa shape index (κ3) is 7.03. The Morgan fingerprint density at radius 2 is 1.59 bits per heavy atom. The van der Waals surface area contributed by atoms with Crippen molar-refractivity contribution in [2.45, 2.75) is 38.3 Å². The van der Waals surface area contributed by atoms with Gasteiger partial charge in [-0.3, -0.25) is 13.9 Å². The summed E-state index contributed by atoms with van der Waals surface area (Å²) in [5.41, 5.74) is 1.86. The molecular weight excluding hydrogens is 533 g/mol. The number of amides is 2. The van der Waals surface area contributed by atoms with E-state index in [0.717, 1.165) is 15.4 Å². The Bertz CT molecular complexity index is 1350. The lowest BCUT2D eigenvalue weighted by Gasteiger charge is -2.32. The summed E-state index contributed by atoms with van der Waals surface area (Å²) in [5, 5.41) is 3.13. The Balaban J connectivity index is 2.04. The largest absolute Gasteiger partial charge is 0.355 e. The Kier molecular flexibility index (Phi) is 9.59. The fourth-order valence-electron chi connectivity index (χ4n) is 3.69. The molecule has 7 nitrogen and oxygen atoms in total. The summed E-state index contributed by atoms with van der Waals surface area (Å²) in [4.78, 5) is 27.8. The number of sulfonamides is 1. The van der Waals surface area contributed by atoms with Gasteiger partial charge >= 0.3 is 0 Å². The first-order chi connectivity index (χ1) is 17.5. The first-order valence-electron chi connectivity index (χ1n) is 11.7. The zero-order valence-corrected chi connectivity index (χ0v) is 23.1. The lowest BCUT2D eigenvalue weighted by atomic mass is 10.1. The smallest absolute Gasteiger partial charge is 0.264 e. The molecule has 0 radical (unpaired) electrons. The van der Waals surface area contributed by atoms with Crippen molar-refractivity contribution in [2.75, 3.05) is 17.4 Å². The molecule has 2 amide bonds. The second kappa shape index (κ2) is 12.4. The number of carbonyl (C=O) groups is 2. The quantitative estimate of drug-likeness (QED) is 0.375. The van der Waals surface area contributed by atoms with E-state index in [4.69, 9.17) is 23.2 Å². The lowest BCUT2D eigenvalue weighted by molar-refractivity contribution is -0.139. The number of rotatable bonds is 10. The second-order valence-corrected chi connectivity index (χ2v) is 11.2. The third-order valence-corrected chi connectivity index (χ3v) is 8.32. The van der Waals surface area contributed by atoms with Crippen molar-refractivity contribution in [1.82, 2.24) is 10.2 Å².